The summed E-state index contributed by atoms with van der Waals surface area (Å²) < 4.78 is 50.4. The Labute approximate surface area is 121 Å². The molecule has 2 rings (SSSR count). The first-order chi connectivity index (χ1) is 9.81. The molecular weight excluding hydrogens is 306 g/mol. The number of amides is 1. The zero-order valence-corrected chi connectivity index (χ0v) is 12.3. The molecule has 0 bridgehead atoms. The van der Waals surface area contributed by atoms with Crippen molar-refractivity contribution in [1.29, 1.82) is 0 Å². The molecule has 118 valence electrons. The van der Waals surface area contributed by atoms with Gasteiger partial charge >= 0.3 is 6.55 Å². The van der Waals surface area contributed by atoms with Crippen molar-refractivity contribution in [1.82, 2.24) is 18.8 Å². The second-order valence-electron chi connectivity index (χ2n) is 4.78. The number of carbonyl (C=O) groups excluding carboxylic acids is 1. The average molecular weight is 322 g/mol. The van der Waals surface area contributed by atoms with Crippen molar-refractivity contribution in [3.05, 3.63) is 18.2 Å². The molecule has 1 saturated heterocycles. The van der Waals surface area contributed by atoms with Crippen LogP contribution in [0, 0.1) is 0 Å². The van der Waals surface area contributed by atoms with E-state index in [4.69, 9.17) is 0 Å². The molecule has 1 amide bonds. The Bertz CT molecular complexity index is 617. The minimum atomic E-state index is -3.35. The Morgan fingerprint density at radius 3 is 2.81 bits per heavy atom. The number of hydrogen-bond donors (Lipinski definition) is 0. The number of rotatable bonds is 5. The van der Waals surface area contributed by atoms with Crippen LogP contribution < -0.4 is 0 Å². The molecule has 0 N–H and O–H groups in total. The number of hydrogen-bond acceptors (Lipinski definition) is 4. The van der Waals surface area contributed by atoms with Gasteiger partial charge in [0.2, 0.25) is 15.9 Å². The van der Waals surface area contributed by atoms with E-state index in [1.54, 1.807) is 0 Å². The van der Waals surface area contributed by atoms with Gasteiger partial charge < -0.3 is 4.90 Å². The van der Waals surface area contributed by atoms with Crippen molar-refractivity contribution in [2.75, 3.05) is 25.9 Å². The molecule has 21 heavy (non-hydrogen) atoms. The third kappa shape index (κ3) is 3.56. The SMILES string of the molecule is CN(Cc1nccn1C(F)F)C(=O)CN1CCCS1(=O)=O. The second-order valence-corrected chi connectivity index (χ2v) is 6.87. The number of carbonyl (C=O) groups is 1. The molecule has 0 spiro atoms. The number of likely N-dealkylation sites (N-methyl/N-ethyl adjacent to an activating group) is 1. The Kier molecular flexibility index (Phi) is 4.57. The number of halogens is 2. The van der Waals surface area contributed by atoms with E-state index in [1.807, 2.05) is 0 Å². The van der Waals surface area contributed by atoms with E-state index in [1.165, 1.54) is 18.1 Å². The number of alkyl halides is 2. The van der Waals surface area contributed by atoms with E-state index in [0.717, 1.165) is 10.5 Å². The van der Waals surface area contributed by atoms with Gasteiger partial charge in [0.1, 0.15) is 5.82 Å². The summed E-state index contributed by atoms with van der Waals surface area (Å²) in [6.45, 7) is -2.80. The van der Waals surface area contributed by atoms with E-state index in [9.17, 15) is 22.0 Å². The van der Waals surface area contributed by atoms with Crippen LogP contribution in [0.4, 0.5) is 8.78 Å². The monoisotopic (exact) mass is 322 g/mol. The van der Waals surface area contributed by atoms with Gasteiger partial charge in [-0.2, -0.15) is 13.1 Å². The number of sulfonamides is 1. The van der Waals surface area contributed by atoms with Gasteiger partial charge in [0.05, 0.1) is 18.8 Å². The lowest BCUT2D eigenvalue weighted by molar-refractivity contribution is -0.130. The van der Waals surface area contributed by atoms with Gasteiger partial charge in [-0.25, -0.2) is 13.4 Å². The maximum Gasteiger partial charge on any atom is 0.319 e. The fourth-order valence-electron chi connectivity index (χ4n) is 2.08. The molecule has 1 aliphatic rings. The van der Waals surface area contributed by atoms with E-state index in [-0.39, 0.29) is 24.7 Å². The molecule has 0 unspecified atom stereocenters. The van der Waals surface area contributed by atoms with Gasteiger partial charge in [-0.05, 0) is 6.42 Å². The summed E-state index contributed by atoms with van der Waals surface area (Å²) in [7, 11) is -1.93. The van der Waals surface area contributed by atoms with Gasteiger partial charge in [0.25, 0.3) is 0 Å². The molecule has 0 aromatic carbocycles. The molecule has 1 aliphatic heterocycles. The Balaban J connectivity index is 1.98. The van der Waals surface area contributed by atoms with Crippen LogP contribution in [0.15, 0.2) is 12.4 Å². The lowest BCUT2D eigenvalue weighted by Crippen LogP contribution is -2.39. The van der Waals surface area contributed by atoms with Crippen LogP contribution in [0.2, 0.25) is 0 Å². The molecule has 1 aromatic heterocycles. The standard InChI is InChI=1S/C11H16F2N4O3S/c1-15(7-9-14-3-5-17(9)11(12)13)10(18)8-16-4-2-6-21(16,19)20/h3,5,11H,2,4,6-8H2,1H3. The minimum absolute atomic E-state index is 0.0415. The largest absolute Gasteiger partial charge is 0.337 e. The van der Waals surface area contributed by atoms with Crippen molar-refractivity contribution in [3.8, 4) is 0 Å². The Morgan fingerprint density at radius 2 is 2.24 bits per heavy atom. The predicted molar refractivity (Wildman–Crippen MR) is 69.9 cm³/mol. The fourth-order valence-corrected chi connectivity index (χ4v) is 3.55. The summed E-state index contributed by atoms with van der Waals surface area (Å²) in [6.07, 6.45) is 2.85. The summed E-state index contributed by atoms with van der Waals surface area (Å²) in [6, 6.07) is 0. The van der Waals surface area contributed by atoms with E-state index >= 15 is 0 Å². The van der Waals surface area contributed by atoms with Crippen LogP contribution in [0.1, 0.15) is 18.8 Å². The van der Waals surface area contributed by atoms with Crippen molar-refractivity contribution < 1.29 is 22.0 Å². The predicted octanol–water partition coefficient (Wildman–Crippen LogP) is 0.272. The van der Waals surface area contributed by atoms with Crippen LogP contribution in [0.5, 0.6) is 0 Å². The first-order valence-electron chi connectivity index (χ1n) is 6.33. The normalized spacial score (nSPS) is 18.3. The molecular formula is C11H16F2N4O3S. The molecule has 7 nitrogen and oxygen atoms in total. The average Bonchev–Trinajstić information content (AvgIpc) is 2.96. The summed E-state index contributed by atoms with van der Waals surface area (Å²) in [5.74, 6) is -0.366. The Hall–Kier alpha value is -1.55. The topological polar surface area (TPSA) is 75.5 Å². The van der Waals surface area contributed by atoms with E-state index in [0.29, 0.717) is 17.5 Å². The van der Waals surface area contributed by atoms with Crippen molar-refractivity contribution in [2.24, 2.45) is 0 Å². The summed E-state index contributed by atoms with van der Waals surface area (Å²) in [4.78, 5) is 17.0. The number of aromatic nitrogens is 2. The molecule has 2 heterocycles. The molecule has 10 heteroatoms. The highest BCUT2D eigenvalue weighted by atomic mass is 32.2. The van der Waals surface area contributed by atoms with Crippen LogP contribution in [-0.4, -0.2) is 59.0 Å². The third-order valence-electron chi connectivity index (χ3n) is 3.28. The zero-order valence-electron chi connectivity index (χ0n) is 11.4. The molecule has 0 radical (unpaired) electrons. The van der Waals surface area contributed by atoms with Crippen LogP contribution in [-0.2, 0) is 21.4 Å². The van der Waals surface area contributed by atoms with Gasteiger partial charge in [-0.3, -0.25) is 9.36 Å². The summed E-state index contributed by atoms with van der Waals surface area (Å²) in [5.41, 5.74) is 0. The number of imidazole rings is 1. The smallest absolute Gasteiger partial charge is 0.319 e. The van der Waals surface area contributed by atoms with Crippen LogP contribution >= 0.6 is 0 Å². The highest BCUT2D eigenvalue weighted by Gasteiger charge is 2.30. The van der Waals surface area contributed by atoms with Crippen LogP contribution in [0.25, 0.3) is 0 Å². The van der Waals surface area contributed by atoms with Crippen molar-refractivity contribution in [3.63, 3.8) is 0 Å². The van der Waals surface area contributed by atoms with Gasteiger partial charge in [0, 0.05) is 26.0 Å². The maximum atomic E-state index is 12.7. The lowest BCUT2D eigenvalue weighted by Gasteiger charge is -2.21. The maximum absolute atomic E-state index is 12.7. The molecule has 0 atom stereocenters. The summed E-state index contributed by atoms with van der Waals surface area (Å²) >= 11 is 0. The molecule has 0 saturated carbocycles. The minimum Gasteiger partial charge on any atom is -0.337 e. The third-order valence-corrected chi connectivity index (χ3v) is 5.18. The van der Waals surface area contributed by atoms with Crippen molar-refractivity contribution >= 4 is 15.9 Å². The lowest BCUT2D eigenvalue weighted by atomic mass is 10.4. The first-order valence-corrected chi connectivity index (χ1v) is 7.94. The highest BCUT2D eigenvalue weighted by Crippen LogP contribution is 2.15. The molecule has 1 fully saturated rings. The second kappa shape index (κ2) is 6.06. The van der Waals surface area contributed by atoms with Gasteiger partial charge in [-0.15, -0.1) is 0 Å². The first kappa shape index (κ1) is 15.8. The quantitative estimate of drug-likeness (QED) is 0.780. The zero-order chi connectivity index (χ0) is 15.6. The molecule has 0 aliphatic carbocycles. The van der Waals surface area contributed by atoms with E-state index < -0.39 is 22.5 Å². The van der Waals surface area contributed by atoms with Gasteiger partial charge in [-0.1, -0.05) is 0 Å². The van der Waals surface area contributed by atoms with Crippen LogP contribution in [0.3, 0.4) is 0 Å². The van der Waals surface area contributed by atoms with Crippen molar-refractivity contribution in [2.45, 2.75) is 19.5 Å². The number of nitrogens with zero attached hydrogens (tertiary/aromatic N) is 4. The van der Waals surface area contributed by atoms with Gasteiger partial charge in [0.15, 0.2) is 0 Å². The highest BCUT2D eigenvalue weighted by molar-refractivity contribution is 7.89. The Morgan fingerprint density at radius 1 is 1.52 bits per heavy atom. The van der Waals surface area contributed by atoms with E-state index in [2.05, 4.69) is 4.98 Å². The fraction of sp³-hybridized carbons (Fsp3) is 0.636. The molecule has 1 aromatic rings. The summed E-state index contributed by atoms with van der Waals surface area (Å²) in [5, 5.41) is 0.